The highest BCUT2D eigenvalue weighted by Crippen LogP contribution is 2.41. The second kappa shape index (κ2) is 8.76. The number of rotatable bonds is 7. The summed E-state index contributed by atoms with van der Waals surface area (Å²) in [6, 6.07) is 12.8. The van der Waals surface area contributed by atoms with Crippen LogP contribution in [0.15, 0.2) is 81.1 Å². The molecule has 3 heterocycles. The van der Waals surface area contributed by atoms with E-state index in [2.05, 4.69) is 6.58 Å². The fourth-order valence-electron chi connectivity index (χ4n) is 4.19. The molecule has 4 aromatic rings. The van der Waals surface area contributed by atoms with Crippen LogP contribution in [0.3, 0.4) is 0 Å². The number of nitrogens with zero attached hydrogens (tertiary/aromatic N) is 1. The monoisotopic (exact) mass is 477 g/mol. The first kappa shape index (κ1) is 21.9. The van der Waals surface area contributed by atoms with Crippen molar-refractivity contribution in [2.75, 3.05) is 13.7 Å². The van der Waals surface area contributed by atoms with E-state index in [0.29, 0.717) is 45.4 Å². The van der Waals surface area contributed by atoms with Crippen LogP contribution in [0.2, 0.25) is 5.02 Å². The number of hydrogen-bond donors (Lipinski definition) is 0. The highest BCUT2D eigenvalue weighted by atomic mass is 35.5. The molecule has 0 bridgehead atoms. The van der Waals surface area contributed by atoms with Crippen LogP contribution < -0.4 is 14.9 Å². The van der Waals surface area contributed by atoms with Crippen molar-refractivity contribution < 1.29 is 23.1 Å². The van der Waals surface area contributed by atoms with E-state index in [1.54, 1.807) is 59.5 Å². The Balaban J connectivity index is 1.70. The Kier molecular flexibility index (Phi) is 5.63. The number of benzene rings is 2. The number of carbonyl (C=O) groups excluding carboxylic acids is 1. The maximum Gasteiger partial charge on any atom is 0.291 e. The Bertz CT molecular complexity index is 1460. The van der Waals surface area contributed by atoms with E-state index in [0.717, 1.165) is 0 Å². The zero-order valence-electron chi connectivity index (χ0n) is 18.2. The van der Waals surface area contributed by atoms with Gasteiger partial charge in [-0.05, 0) is 48.0 Å². The minimum absolute atomic E-state index is 0.00216. The van der Waals surface area contributed by atoms with Crippen LogP contribution in [0.25, 0.3) is 11.0 Å². The van der Waals surface area contributed by atoms with E-state index in [-0.39, 0.29) is 23.3 Å². The number of methoxy groups -OCH3 is 1. The molecule has 34 heavy (non-hydrogen) atoms. The zero-order chi connectivity index (χ0) is 23.8. The summed E-state index contributed by atoms with van der Waals surface area (Å²) in [5.74, 6) is 1.15. The minimum atomic E-state index is -0.727. The summed E-state index contributed by atoms with van der Waals surface area (Å²) in [7, 11) is 1.53. The minimum Gasteiger partial charge on any atom is -0.493 e. The average Bonchev–Trinajstić information content (AvgIpc) is 3.45. The summed E-state index contributed by atoms with van der Waals surface area (Å²) in [6.07, 6.45) is 3.16. The van der Waals surface area contributed by atoms with Crippen molar-refractivity contribution in [1.82, 2.24) is 4.90 Å². The first-order valence-electron chi connectivity index (χ1n) is 10.5. The van der Waals surface area contributed by atoms with Gasteiger partial charge in [0, 0.05) is 5.02 Å². The third-order valence-electron chi connectivity index (χ3n) is 5.69. The second-order valence-corrected chi connectivity index (χ2v) is 8.18. The van der Waals surface area contributed by atoms with Crippen molar-refractivity contribution in [3.63, 3.8) is 0 Å². The number of carbonyl (C=O) groups is 1. The lowest BCUT2D eigenvalue weighted by molar-refractivity contribution is 0.0701. The van der Waals surface area contributed by atoms with Crippen LogP contribution in [0.4, 0.5) is 0 Å². The zero-order valence-corrected chi connectivity index (χ0v) is 19.0. The third-order valence-corrected chi connectivity index (χ3v) is 5.93. The predicted octanol–water partition coefficient (Wildman–Crippen LogP) is 5.36. The van der Waals surface area contributed by atoms with Crippen molar-refractivity contribution in [3.8, 4) is 11.5 Å². The molecule has 0 fully saturated rings. The summed E-state index contributed by atoms with van der Waals surface area (Å²) < 4.78 is 22.6. The molecular weight excluding hydrogens is 458 g/mol. The second-order valence-electron chi connectivity index (χ2n) is 7.74. The van der Waals surface area contributed by atoms with Gasteiger partial charge in [-0.3, -0.25) is 9.59 Å². The smallest absolute Gasteiger partial charge is 0.291 e. The van der Waals surface area contributed by atoms with E-state index in [9.17, 15) is 9.59 Å². The van der Waals surface area contributed by atoms with Crippen LogP contribution in [-0.4, -0.2) is 24.5 Å². The van der Waals surface area contributed by atoms with Crippen LogP contribution in [0, 0.1) is 0 Å². The Labute approximate surface area is 199 Å². The molecule has 0 saturated heterocycles. The van der Waals surface area contributed by atoms with Crippen LogP contribution in [0.5, 0.6) is 11.5 Å². The molecule has 1 atom stereocenters. The predicted molar refractivity (Wildman–Crippen MR) is 127 cm³/mol. The van der Waals surface area contributed by atoms with Crippen LogP contribution in [0.1, 0.15) is 33.5 Å². The number of fused-ring (bicyclic) bond motifs is 2. The molecule has 172 valence electrons. The molecule has 5 rings (SSSR count). The van der Waals surface area contributed by atoms with Gasteiger partial charge in [0.2, 0.25) is 5.76 Å². The number of hydrogen-bond acceptors (Lipinski definition) is 6. The standard InChI is InChI=1S/C26H20ClNO6/c1-3-10-33-20-8-6-15(12-21(20)31-2)23-22-24(29)18-13-16(27)7-9-19(18)34-25(22)26(30)28(23)14-17-5-4-11-32-17/h3-9,11-13,23H,1,10,14H2,2H3. The van der Waals surface area contributed by atoms with Gasteiger partial charge in [-0.2, -0.15) is 0 Å². The molecule has 2 aromatic heterocycles. The highest BCUT2D eigenvalue weighted by molar-refractivity contribution is 6.31. The lowest BCUT2D eigenvalue weighted by Gasteiger charge is -2.25. The van der Waals surface area contributed by atoms with Gasteiger partial charge in [-0.25, -0.2) is 0 Å². The van der Waals surface area contributed by atoms with Crippen molar-refractivity contribution in [2.45, 2.75) is 12.6 Å². The van der Waals surface area contributed by atoms with Crippen molar-refractivity contribution in [1.29, 1.82) is 0 Å². The lowest BCUT2D eigenvalue weighted by atomic mass is 9.98. The average molecular weight is 478 g/mol. The van der Waals surface area contributed by atoms with Gasteiger partial charge in [0.1, 0.15) is 18.0 Å². The maximum atomic E-state index is 13.6. The quantitative estimate of drug-likeness (QED) is 0.333. The largest absolute Gasteiger partial charge is 0.493 e. The topological polar surface area (TPSA) is 82.1 Å². The Hall–Kier alpha value is -3.97. The van der Waals surface area contributed by atoms with E-state index >= 15 is 0 Å². The van der Waals surface area contributed by atoms with Crippen molar-refractivity contribution in [3.05, 3.63) is 105 Å². The molecule has 2 aromatic carbocycles. The Morgan fingerprint density at radius 2 is 2.00 bits per heavy atom. The summed E-state index contributed by atoms with van der Waals surface area (Å²) in [4.78, 5) is 28.7. The molecule has 8 heteroatoms. The summed E-state index contributed by atoms with van der Waals surface area (Å²) in [5.41, 5.74) is 0.888. The van der Waals surface area contributed by atoms with Gasteiger partial charge in [0.05, 0.1) is 36.9 Å². The van der Waals surface area contributed by atoms with Crippen LogP contribution in [-0.2, 0) is 6.54 Å². The molecule has 0 radical (unpaired) electrons. The normalized spacial score (nSPS) is 14.9. The fraction of sp³-hybridized carbons (Fsp3) is 0.154. The van der Waals surface area contributed by atoms with E-state index < -0.39 is 11.9 Å². The third kappa shape index (κ3) is 3.64. The summed E-state index contributed by atoms with van der Waals surface area (Å²) in [5, 5.41) is 0.709. The van der Waals surface area contributed by atoms with Crippen LogP contribution >= 0.6 is 11.6 Å². The molecule has 0 saturated carbocycles. The van der Waals surface area contributed by atoms with Gasteiger partial charge in [0.15, 0.2) is 16.9 Å². The Morgan fingerprint density at radius 3 is 2.74 bits per heavy atom. The molecule has 0 N–H and O–H groups in total. The molecule has 1 amide bonds. The van der Waals surface area contributed by atoms with Crippen molar-refractivity contribution >= 4 is 28.5 Å². The van der Waals surface area contributed by atoms with Crippen molar-refractivity contribution in [2.24, 2.45) is 0 Å². The van der Waals surface area contributed by atoms with Gasteiger partial charge < -0.3 is 23.2 Å². The molecule has 0 spiro atoms. The molecule has 1 aliphatic heterocycles. The molecular formula is C26H20ClNO6. The lowest BCUT2D eigenvalue weighted by Crippen LogP contribution is -2.29. The molecule has 1 aliphatic rings. The van der Waals surface area contributed by atoms with E-state index in [1.807, 2.05) is 0 Å². The SMILES string of the molecule is C=CCOc1ccc(C2c3c(oc4ccc(Cl)cc4c3=O)C(=O)N2Cc2ccco2)cc1OC. The summed E-state index contributed by atoms with van der Waals surface area (Å²) >= 11 is 6.14. The van der Waals surface area contributed by atoms with E-state index in [4.69, 9.17) is 29.9 Å². The first-order valence-corrected chi connectivity index (χ1v) is 10.9. The molecule has 0 aliphatic carbocycles. The van der Waals surface area contributed by atoms with Gasteiger partial charge in [-0.15, -0.1) is 0 Å². The fourth-order valence-corrected chi connectivity index (χ4v) is 4.37. The first-order chi connectivity index (χ1) is 16.5. The Morgan fingerprint density at radius 1 is 1.15 bits per heavy atom. The number of amides is 1. The summed E-state index contributed by atoms with van der Waals surface area (Å²) in [6.45, 7) is 4.11. The number of halogens is 1. The number of ether oxygens (including phenoxy) is 2. The molecule has 7 nitrogen and oxygen atoms in total. The van der Waals surface area contributed by atoms with Gasteiger partial charge in [-0.1, -0.05) is 30.3 Å². The number of furan rings is 1. The maximum absolute atomic E-state index is 13.6. The van der Waals surface area contributed by atoms with Gasteiger partial charge in [0.25, 0.3) is 5.91 Å². The van der Waals surface area contributed by atoms with Gasteiger partial charge >= 0.3 is 0 Å². The molecule has 1 unspecified atom stereocenters. The highest BCUT2D eigenvalue weighted by Gasteiger charge is 2.43. The van der Waals surface area contributed by atoms with E-state index in [1.165, 1.54) is 13.4 Å².